The molecule has 0 bridgehead atoms. The van der Waals surface area contributed by atoms with Crippen LogP contribution in [0.5, 0.6) is 0 Å². The van der Waals surface area contributed by atoms with E-state index in [0.29, 0.717) is 44.3 Å². The molecule has 2 aromatic carbocycles. The molecule has 3 aromatic rings. The van der Waals surface area contributed by atoms with E-state index in [4.69, 9.17) is 9.26 Å². The Morgan fingerprint density at radius 1 is 1.12 bits per heavy atom. The fourth-order valence-electron chi connectivity index (χ4n) is 3.86. The maximum atomic E-state index is 13.4. The van der Waals surface area contributed by atoms with Gasteiger partial charge >= 0.3 is 0 Å². The van der Waals surface area contributed by atoms with Crippen LogP contribution in [0.2, 0.25) is 0 Å². The number of aromatic nitrogens is 1. The zero-order chi connectivity index (χ0) is 22.5. The second kappa shape index (κ2) is 9.96. The summed E-state index contributed by atoms with van der Waals surface area (Å²) >= 11 is 0. The Kier molecular flexibility index (Phi) is 6.85. The lowest BCUT2D eigenvalue weighted by Crippen LogP contribution is -2.39. The number of nitrogens with zero attached hydrogens (tertiary/aromatic N) is 3. The van der Waals surface area contributed by atoms with Crippen LogP contribution in [0.3, 0.4) is 0 Å². The highest BCUT2D eigenvalue weighted by Gasteiger charge is 2.29. The van der Waals surface area contributed by atoms with Crippen LogP contribution in [0.15, 0.2) is 59.1 Å². The summed E-state index contributed by atoms with van der Waals surface area (Å²) in [6.45, 7) is 7.04. The van der Waals surface area contributed by atoms with Crippen LogP contribution < -0.4 is 4.90 Å². The van der Waals surface area contributed by atoms with Crippen molar-refractivity contribution >= 4 is 11.8 Å². The lowest BCUT2D eigenvalue weighted by Gasteiger charge is -2.31. The lowest BCUT2D eigenvalue weighted by molar-refractivity contribution is 0.0671. The first-order valence-corrected chi connectivity index (χ1v) is 11.0. The largest absolute Gasteiger partial charge is 0.378 e. The molecule has 7 heteroatoms. The number of amides is 1. The van der Waals surface area contributed by atoms with Gasteiger partial charge in [0.05, 0.1) is 25.3 Å². The Labute approximate surface area is 187 Å². The van der Waals surface area contributed by atoms with Crippen molar-refractivity contribution in [2.75, 3.05) is 31.2 Å². The molecule has 0 unspecified atom stereocenters. The van der Waals surface area contributed by atoms with Gasteiger partial charge in [-0.05, 0) is 37.6 Å². The van der Waals surface area contributed by atoms with Crippen LogP contribution in [0.4, 0.5) is 10.3 Å². The van der Waals surface area contributed by atoms with Crippen molar-refractivity contribution in [3.05, 3.63) is 71.5 Å². The van der Waals surface area contributed by atoms with E-state index in [-0.39, 0.29) is 17.8 Å². The highest BCUT2D eigenvalue weighted by molar-refractivity contribution is 5.94. The summed E-state index contributed by atoms with van der Waals surface area (Å²) in [4.78, 5) is 17.4. The smallest absolute Gasteiger partial charge is 0.254 e. The maximum Gasteiger partial charge on any atom is 0.254 e. The molecule has 1 atom stereocenters. The molecule has 32 heavy (non-hydrogen) atoms. The molecular formula is C25H28FN3O3. The van der Waals surface area contributed by atoms with Crippen LogP contribution in [0, 0.1) is 5.82 Å². The summed E-state index contributed by atoms with van der Waals surface area (Å²) in [6.07, 6.45) is 0.784. The third-order valence-corrected chi connectivity index (χ3v) is 5.92. The number of morpholine rings is 1. The molecule has 1 amide bonds. The number of benzene rings is 2. The molecule has 0 aliphatic carbocycles. The number of anilines is 1. The van der Waals surface area contributed by atoms with E-state index < -0.39 is 0 Å². The van der Waals surface area contributed by atoms with Crippen LogP contribution >= 0.6 is 0 Å². The number of halogens is 1. The minimum atomic E-state index is -0.364. The van der Waals surface area contributed by atoms with Gasteiger partial charge in [-0.25, -0.2) is 4.39 Å². The highest BCUT2D eigenvalue weighted by atomic mass is 19.1. The molecule has 1 fully saturated rings. The van der Waals surface area contributed by atoms with Gasteiger partial charge in [-0.2, -0.15) is 0 Å². The predicted molar refractivity (Wildman–Crippen MR) is 121 cm³/mol. The molecule has 6 nitrogen and oxygen atoms in total. The third-order valence-electron chi connectivity index (χ3n) is 5.92. The van der Waals surface area contributed by atoms with E-state index in [2.05, 4.69) is 10.1 Å². The Balaban J connectivity index is 1.73. The van der Waals surface area contributed by atoms with Gasteiger partial charge in [-0.3, -0.25) is 4.79 Å². The number of rotatable bonds is 7. The van der Waals surface area contributed by atoms with E-state index in [1.54, 1.807) is 0 Å². The summed E-state index contributed by atoms with van der Waals surface area (Å²) in [6, 6.07) is 15.5. The van der Waals surface area contributed by atoms with E-state index in [1.807, 2.05) is 49.1 Å². The van der Waals surface area contributed by atoms with Gasteiger partial charge in [0.2, 0.25) is 5.88 Å². The minimum absolute atomic E-state index is 0.0244. The van der Waals surface area contributed by atoms with Crippen molar-refractivity contribution in [2.45, 2.75) is 32.9 Å². The normalized spacial score (nSPS) is 14.9. The lowest BCUT2D eigenvalue weighted by atomic mass is 10.0. The quantitative estimate of drug-likeness (QED) is 0.534. The second-order valence-corrected chi connectivity index (χ2v) is 7.98. The standard InChI is InChI=1S/C25H28FN3O3/c1-3-18(2)29(24(30)20-9-11-21(26)12-10-20)17-22-23(19-7-5-4-6-8-19)27-32-25(22)28-13-15-31-16-14-28/h4-12,18H,3,13-17H2,1-2H3/t18-/m0/s1. The van der Waals surface area contributed by atoms with Crippen molar-refractivity contribution in [1.29, 1.82) is 0 Å². The summed E-state index contributed by atoms with van der Waals surface area (Å²) in [5, 5.41) is 4.40. The van der Waals surface area contributed by atoms with Crippen molar-refractivity contribution in [3.63, 3.8) is 0 Å². The van der Waals surface area contributed by atoms with E-state index in [1.165, 1.54) is 24.3 Å². The van der Waals surface area contributed by atoms with Gasteiger partial charge in [0.25, 0.3) is 5.91 Å². The molecule has 2 heterocycles. The van der Waals surface area contributed by atoms with Crippen molar-refractivity contribution in [1.82, 2.24) is 10.1 Å². The number of ether oxygens (including phenoxy) is 1. The molecule has 1 aliphatic rings. The summed E-state index contributed by atoms with van der Waals surface area (Å²) in [5.41, 5.74) is 2.99. The topological polar surface area (TPSA) is 58.8 Å². The number of carbonyl (C=O) groups is 1. The second-order valence-electron chi connectivity index (χ2n) is 7.98. The summed E-state index contributed by atoms with van der Waals surface area (Å²) < 4.78 is 24.8. The first-order chi connectivity index (χ1) is 15.6. The van der Waals surface area contributed by atoms with E-state index in [9.17, 15) is 9.18 Å². The predicted octanol–water partition coefficient (Wildman–Crippen LogP) is 4.76. The molecule has 0 radical (unpaired) electrons. The van der Waals surface area contributed by atoms with Crippen LogP contribution in [0.25, 0.3) is 11.3 Å². The van der Waals surface area contributed by atoms with Gasteiger partial charge in [0.15, 0.2) is 0 Å². The highest BCUT2D eigenvalue weighted by Crippen LogP contribution is 2.34. The van der Waals surface area contributed by atoms with Gasteiger partial charge in [0.1, 0.15) is 11.5 Å². The Bertz CT molecular complexity index is 1030. The first-order valence-electron chi connectivity index (χ1n) is 11.0. The number of hydrogen-bond donors (Lipinski definition) is 0. The monoisotopic (exact) mass is 437 g/mol. The summed E-state index contributed by atoms with van der Waals surface area (Å²) in [7, 11) is 0. The molecular weight excluding hydrogens is 409 g/mol. The van der Waals surface area contributed by atoms with Gasteiger partial charge < -0.3 is 19.1 Å². The molecule has 0 saturated carbocycles. The average molecular weight is 438 g/mol. The minimum Gasteiger partial charge on any atom is -0.378 e. The molecule has 4 rings (SSSR count). The van der Waals surface area contributed by atoms with Gasteiger partial charge in [-0.15, -0.1) is 0 Å². The molecule has 1 aromatic heterocycles. The maximum absolute atomic E-state index is 13.4. The molecule has 0 spiro atoms. The van der Waals surface area contributed by atoms with Gasteiger partial charge in [-0.1, -0.05) is 42.4 Å². The average Bonchev–Trinajstić information content (AvgIpc) is 3.27. The van der Waals surface area contributed by atoms with Crippen molar-refractivity contribution < 1.29 is 18.4 Å². The Morgan fingerprint density at radius 3 is 2.47 bits per heavy atom. The summed E-state index contributed by atoms with van der Waals surface area (Å²) in [5.74, 6) is 0.163. The molecule has 1 saturated heterocycles. The zero-order valence-corrected chi connectivity index (χ0v) is 18.5. The number of carbonyl (C=O) groups excluding carboxylic acids is 1. The van der Waals surface area contributed by atoms with Crippen LogP contribution in [0.1, 0.15) is 36.2 Å². The van der Waals surface area contributed by atoms with Crippen molar-refractivity contribution in [2.24, 2.45) is 0 Å². The van der Waals surface area contributed by atoms with E-state index >= 15 is 0 Å². The van der Waals surface area contributed by atoms with Gasteiger partial charge in [0, 0.05) is 30.3 Å². The Morgan fingerprint density at radius 2 is 1.81 bits per heavy atom. The Hall–Kier alpha value is -3.19. The van der Waals surface area contributed by atoms with E-state index in [0.717, 1.165) is 23.2 Å². The zero-order valence-electron chi connectivity index (χ0n) is 18.5. The first kappa shape index (κ1) is 22.0. The SMILES string of the molecule is CC[C@H](C)N(Cc1c(-c2ccccc2)noc1N1CCOCC1)C(=O)c1ccc(F)cc1. The fraction of sp³-hybridized carbons (Fsp3) is 0.360. The number of hydrogen-bond acceptors (Lipinski definition) is 5. The molecule has 1 aliphatic heterocycles. The fourth-order valence-corrected chi connectivity index (χ4v) is 3.86. The third kappa shape index (κ3) is 4.67. The van der Waals surface area contributed by atoms with Crippen LogP contribution in [-0.2, 0) is 11.3 Å². The molecule has 168 valence electrons. The van der Waals surface area contributed by atoms with Crippen molar-refractivity contribution in [3.8, 4) is 11.3 Å². The molecule has 0 N–H and O–H groups in total. The van der Waals surface area contributed by atoms with Crippen LogP contribution in [-0.4, -0.2) is 48.3 Å².